The zero-order valence-electron chi connectivity index (χ0n) is 11.1. The number of aromatic nitrogens is 1. The number of oxazole rings is 1. The molecule has 1 heterocycles. The van der Waals surface area contributed by atoms with Crippen molar-refractivity contribution >= 4 is 10.0 Å². The zero-order chi connectivity index (χ0) is 14.4. The van der Waals surface area contributed by atoms with Gasteiger partial charge in [-0.25, -0.2) is 18.1 Å². The molecule has 2 aromatic rings. The number of nitrogens with zero attached hydrogens (tertiary/aromatic N) is 1. The molecule has 0 spiro atoms. The minimum absolute atomic E-state index is 0.209. The van der Waals surface area contributed by atoms with Gasteiger partial charge in [0.2, 0.25) is 10.0 Å². The number of sulfonamides is 1. The molecule has 20 heavy (non-hydrogen) atoms. The van der Waals surface area contributed by atoms with Crippen LogP contribution in [0.15, 0.2) is 46.2 Å². The van der Waals surface area contributed by atoms with Crippen LogP contribution in [0.5, 0.6) is 5.75 Å². The van der Waals surface area contributed by atoms with Crippen LogP contribution < -0.4 is 9.46 Å². The van der Waals surface area contributed by atoms with Crippen molar-refractivity contribution in [3.8, 4) is 5.75 Å². The smallest absolute Gasteiger partial charge is 0.240 e. The number of ether oxygens (including phenoxy) is 1. The van der Waals surface area contributed by atoms with E-state index in [0.717, 1.165) is 0 Å². The lowest BCUT2D eigenvalue weighted by molar-refractivity contribution is 0.340. The third-order valence-electron chi connectivity index (χ3n) is 2.60. The first-order chi connectivity index (χ1) is 9.62. The molecule has 0 fully saturated rings. The Morgan fingerprint density at radius 3 is 2.65 bits per heavy atom. The van der Waals surface area contributed by atoms with Gasteiger partial charge in [0, 0.05) is 13.0 Å². The van der Waals surface area contributed by atoms with E-state index in [4.69, 9.17) is 9.15 Å². The molecule has 0 amide bonds. The first-order valence-electron chi connectivity index (χ1n) is 6.21. The van der Waals surface area contributed by atoms with E-state index in [1.807, 2.05) is 6.92 Å². The predicted molar refractivity (Wildman–Crippen MR) is 73.0 cm³/mol. The van der Waals surface area contributed by atoms with E-state index in [1.165, 1.54) is 24.8 Å². The first kappa shape index (κ1) is 14.5. The number of hydrogen-bond donors (Lipinski definition) is 1. The van der Waals surface area contributed by atoms with Gasteiger partial charge in [-0.2, -0.15) is 0 Å². The van der Waals surface area contributed by atoms with Crippen LogP contribution in [0.2, 0.25) is 0 Å². The van der Waals surface area contributed by atoms with Crippen molar-refractivity contribution < 1.29 is 17.6 Å². The normalized spacial score (nSPS) is 11.4. The predicted octanol–water partition coefficient (Wildman–Crippen LogP) is 1.59. The van der Waals surface area contributed by atoms with Crippen LogP contribution in [-0.4, -0.2) is 26.6 Å². The summed E-state index contributed by atoms with van der Waals surface area (Å²) in [5, 5.41) is 0. The topological polar surface area (TPSA) is 81.4 Å². The van der Waals surface area contributed by atoms with Gasteiger partial charge in [-0.15, -0.1) is 0 Å². The fourth-order valence-corrected chi connectivity index (χ4v) is 2.67. The lowest BCUT2D eigenvalue weighted by atomic mass is 10.3. The Morgan fingerprint density at radius 1 is 1.30 bits per heavy atom. The highest BCUT2D eigenvalue weighted by molar-refractivity contribution is 7.89. The van der Waals surface area contributed by atoms with E-state index in [0.29, 0.717) is 24.5 Å². The fraction of sp³-hybridized carbons (Fsp3) is 0.308. The van der Waals surface area contributed by atoms with E-state index in [1.54, 1.807) is 12.1 Å². The lowest BCUT2D eigenvalue weighted by Crippen LogP contribution is -2.26. The Labute approximate surface area is 117 Å². The van der Waals surface area contributed by atoms with Crippen LogP contribution in [0.1, 0.15) is 12.6 Å². The summed E-state index contributed by atoms with van der Waals surface area (Å²) in [5.74, 6) is 0.647. The number of rotatable bonds is 7. The summed E-state index contributed by atoms with van der Waals surface area (Å²) in [5.41, 5.74) is 0.708. The fourth-order valence-electron chi connectivity index (χ4n) is 1.64. The molecule has 108 valence electrons. The van der Waals surface area contributed by atoms with Gasteiger partial charge in [-0.05, 0) is 31.2 Å². The Balaban J connectivity index is 1.95. The van der Waals surface area contributed by atoms with Crippen LogP contribution in [0.25, 0.3) is 0 Å². The molecular formula is C13H16N2O4S. The summed E-state index contributed by atoms with van der Waals surface area (Å²) in [6.45, 7) is 2.68. The Kier molecular flexibility index (Phi) is 4.75. The second kappa shape index (κ2) is 6.53. The average molecular weight is 296 g/mol. The van der Waals surface area contributed by atoms with Crippen molar-refractivity contribution in [1.29, 1.82) is 0 Å². The quantitative estimate of drug-likeness (QED) is 0.839. The number of hydrogen-bond acceptors (Lipinski definition) is 5. The summed E-state index contributed by atoms with van der Waals surface area (Å²) in [4.78, 5) is 4.13. The highest BCUT2D eigenvalue weighted by Crippen LogP contribution is 2.15. The highest BCUT2D eigenvalue weighted by atomic mass is 32.2. The molecule has 7 heteroatoms. The van der Waals surface area contributed by atoms with Gasteiger partial charge in [0.15, 0.2) is 6.39 Å². The van der Waals surface area contributed by atoms with Crippen LogP contribution in [-0.2, 0) is 16.4 Å². The SMILES string of the molecule is CCOc1ccc(S(=O)(=O)NCCc2cocn2)cc1. The van der Waals surface area contributed by atoms with Gasteiger partial charge in [0.25, 0.3) is 0 Å². The zero-order valence-corrected chi connectivity index (χ0v) is 11.9. The maximum atomic E-state index is 12.0. The van der Waals surface area contributed by atoms with Crippen molar-refractivity contribution in [2.24, 2.45) is 0 Å². The van der Waals surface area contributed by atoms with Crippen LogP contribution in [0, 0.1) is 0 Å². The van der Waals surface area contributed by atoms with Gasteiger partial charge in [-0.1, -0.05) is 0 Å². The van der Waals surface area contributed by atoms with Gasteiger partial charge in [-0.3, -0.25) is 0 Å². The molecule has 6 nitrogen and oxygen atoms in total. The Hall–Kier alpha value is -1.86. The minimum atomic E-state index is -3.51. The molecule has 1 aromatic carbocycles. The van der Waals surface area contributed by atoms with Crippen molar-refractivity contribution in [2.75, 3.05) is 13.2 Å². The molecule has 0 bridgehead atoms. The molecule has 0 saturated heterocycles. The standard InChI is InChI=1S/C13H16N2O4S/c1-2-19-12-3-5-13(6-4-12)20(16,17)15-8-7-11-9-18-10-14-11/h3-6,9-10,15H,2,7-8H2,1H3. The third kappa shape index (κ3) is 3.82. The Morgan fingerprint density at radius 2 is 2.05 bits per heavy atom. The number of nitrogens with one attached hydrogen (secondary N) is 1. The minimum Gasteiger partial charge on any atom is -0.494 e. The van der Waals surface area contributed by atoms with E-state index in [-0.39, 0.29) is 11.4 Å². The van der Waals surface area contributed by atoms with Crippen molar-refractivity contribution in [3.05, 3.63) is 42.6 Å². The summed E-state index contributed by atoms with van der Waals surface area (Å²) in [7, 11) is -3.51. The van der Waals surface area contributed by atoms with E-state index < -0.39 is 10.0 Å². The monoisotopic (exact) mass is 296 g/mol. The van der Waals surface area contributed by atoms with Crippen molar-refractivity contribution in [2.45, 2.75) is 18.2 Å². The molecule has 0 saturated carbocycles. The van der Waals surface area contributed by atoms with Crippen molar-refractivity contribution in [3.63, 3.8) is 0 Å². The van der Waals surface area contributed by atoms with Crippen molar-refractivity contribution in [1.82, 2.24) is 9.71 Å². The van der Waals surface area contributed by atoms with E-state index in [2.05, 4.69) is 9.71 Å². The summed E-state index contributed by atoms with van der Waals surface area (Å²) < 4.78 is 36.7. The molecular weight excluding hydrogens is 280 g/mol. The highest BCUT2D eigenvalue weighted by Gasteiger charge is 2.13. The van der Waals surface area contributed by atoms with E-state index >= 15 is 0 Å². The maximum absolute atomic E-state index is 12.0. The maximum Gasteiger partial charge on any atom is 0.240 e. The third-order valence-corrected chi connectivity index (χ3v) is 4.08. The molecule has 0 aliphatic heterocycles. The van der Waals surface area contributed by atoms with Crippen LogP contribution >= 0.6 is 0 Å². The first-order valence-corrected chi connectivity index (χ1v) is 7.70. The van der Waals surface area contributed by atoms with Crippen LogP contribution in [0.3, 0.4) is 0 Å². The largest absolute Gasteiger partial charge is 0.494 e. The molecule has 0 aliphatic carbocycles. The Bertz CT molecular complexity index is 621. The molecule has 0 unspecified atom stereocenters. The average Bonchev–Trinajstić information content (AvgIpc) is 2.93. The van der Waals surface area contributed by atoms with Gasteiger partial charge < -0.3 is 9.15 Å². The van der Waals surface area contributed by atoms with Crippen LogP contribution in [0.4, 0.5) is 0 Å². The molecule has 0 radical (unpaired) electrons. The summed E-state index contributed by atoms with van der Waals surface area (Å²) in [6.07, 6.45) is 3.29. The molecule has 0 aliphatic rings. The molecule has 1 aromatic heterocycles. The summed E-state index contributed by atoms with van der Waals surface area (Å²) >= 11 is 0. The summed E-state index contributed by atoms with van der Waals surface area (Å²) in [6, 6.07) is 6.30. The second-order valence-corrected chi connectivity index (χ2v) is 5.80. The number of benzene rings is 1. The lowest BCUT2D eigenvalue weighted by Gasteiger charge is -2.07. The molecule has 0 atom stereocenters. The van der Waals surface area contributed by atoms with Gasteiger partial charge in [0.05, 0.1) is 17.2 Å². The van der Waals surface area contributed by atoms with Gasteiger partial charge >= 0.3 is 0 Å². The van der Waals surface area contributed by atoms with Gasteiger partial charge in [0.1, 0.15) is 12.0 Å². The molecule has 1 N–H and O–H groups in total. The van der Waals surface area contributed by atoms with E-state index in [9.17, 15) is 8.42 Å². The second-order valence-electron chi connectivity index (χ2n) is 4.03. The molecule has 2 rings (SSSR count).